The fourth-order valence-corrected chi connectivity index (χ4v) is 2.01. The van der Waals surface area contributed by atoms with Crippen molar-refractivity contribution in [2.75, 3.05) is 19.6 Å². The molecule has 100 valence electrons. The Hall–Kier alpha value is -0.570. The molecule has 0 bridgehead atoms. The van der Waals surface area contributed by atoms with Crippen LogP contribution in [-0.4, -0.2) is 25.5 Å². The van der Waals surface area contributed by atoms with Crippen molar-refractivity contribution in [2.24, 2.45) is 17.3 Å². The van der Waals surface area contributed by atoms with Crippen molar-refractivity contribution < 1.29 is 4.79 Å². The number of rotatable bonds is 4. The molecule has 1 saturated heterocycles. The van der Waals surface area contributed by atoms with Crippen LogP contribution in [0.2, 0.25) is 0 Å². The van der Waals surface area contributed by atoms with Crippen molar-refractivity contribution in [3.63, 3.8) is 0 Å². The molecule has 1 aliphatic heterocycles. The molecule has 0 radical (unpaired) electrons. The van der Waals surface area contributed by atoms with E-state index >= 15 is 0 Å². The van der Waals surface area contributed by atoms with Gasteiger partial charge in [-0.3, -0.25) is 4.79 Å². The van der Waals surface area contributed by atoms with E-state index in [2.05, 4.69) is 38.3 Å². The highest BCUT2D eigenvalue weighted by Gasteiger charge is 2.21. The third-order valence-corrected chi connectivity index (χ3v) is 3.96. The third kappa shape index (κ3) is 5.53. The Kier molecular flexibility index (Phi) is 5.44. The number of carbonyl (C=O) groups is 1. The van der Waals surface area contributed by atoms with Gasteiger partial charge in [0.15, 0.2) is 0 Å². The molecule has 3 nitrogen and oxygen atoms in total. The molecule has 0 aromatic rings. The number of hydrogen-bond acceptors (Lipinski definition) is 2. The van der Waals surface area contributed by atoms with Crippen LogP contribution in [-0.2, 0) is 4.79 Å². The largest absolute Gasteiger partial charge is 0.356 e. The molecule has 2 atom stereocenters. The van der Waals surface area contributed by atoms with Gasteiger partial charge in [-0.25, -0.2) is 0 Å². The first-order chi connectivity index (χ1) is 7.89. The maximum absolute atomic E-state index is 11.8. The monoisotopic (exact) mass is 240 g/mol. The summed E-state index contributed by atoms with van der Waals surface area (Å²) in [5.74, 6) is 1.26. The van der Waals surface area contributed by atoms with Gasteiger partial charge in [0, 0.05) is 13.0 Å². The van der Waals surface area contributed by atoms with Gasteiger partial charge in [-0.05, 0) is 43.2 Å². The lowest BCUT2D eigenvalue weighted by Crippen LogP contribution is -2.37. The highest BCUT2D eigenvalue weighted by molar-refractivity contribution is 5.76. The fourth-order valence-electron chi connectivity index (χ4n) is 2.01. The first kappa shape index (κ1) is 14.5. The molecule has 0 aromatic carbocycles. The zero-order chi connectivity index (χ0) is 12.9. The van der Waals surface area contributed by atoms with Gasteiger partial charge in [0.25, 0.3) is 0 Å². The molecule has 0 saturated carbocycles. The van der Waals surface area contributed by atoms with Crippen molar-refractivity contribution in [1.29, 1.82) is 0 Å². The second-order valence-electron chi connectivity index (χ2n) is 6.49. The van der Waals surface area contributed by atoms with Crippen molar-refractivity contribution in [3.05, 3.63) is 0 Å². The summed E-state index contributed by atoms with van der Waals surface area (Å²) in [4.78, 5) is 11.8. The first-order valence-corrected chi connectivity index (χ1v) is 6.87. The lowest BCUT2D eigenvalue weighted by Gasteiger charge is -2.28. The van der Waals surface area contributed by atoms with Crippen molar-refractivity contribution in [2.45, 2.75) is 47.0 Å². The minimum Gasteiger partial charge on any atom is -0.356 e. The molecule has 2 unspecified atom stereocenters. The summed E-state index contributed by atoms with van der Waals surface area (Å²) in [5, 5.41) is 6.42. The van der Waals surface area contributed by atoms with Gasteiger partial charge in [0.05, 0.1) is 0 Å². The molecular weight excluding hydrogens is 212 g/mol. The van der Waals surface area contributed by atoms with E-state index in [1.807, 2.05) is 0 Å². The maximum atomic E-state index is 11.8. The molecule has 0 spiro atoms. The summed E-state index contributed by atoms with van der Waals surface area (Å²) in [7, 11) is 0. The SMILES string of the molecule is CC(CNC(=O)CC1CCCNC1)C(C)(C)C. The molecule has 3 heteroatoms. The highest BCUT2D eigenvalue weighted by Crippen LogP contribution is 2.24. The fraction of sp³-hybridized carbons (Fsp3) is 0.929. The highest BCUT2D eigenvalue weighted by atomic mass is 16.1. The molecular formula is C14H28N2O. The van der Waals surface area contributed by atoms with Crippen LogP contribution in [0.3, 0.4) is 0 Å². The zero-order valence-electron chi connectivity index (χ0n) is 11.8. The zero-order valence-corrected chi connectivity index (χ0v) is 11.8. The summed E-state index contributed by atoms with van der Waals surface area (Å²) < 4.78 is 0. The van der Waals surface area contributed by atoms with Crippen LogP contribution in [0.4, 0.5) is 0 Å². The average Bonchev–Trinajstić information content (AvgIpc) is 2.26. The second kappa shape index (κ2) is 6.39. The Morgan fingerprint density at radius 3 is 2.71 bits per heavy atom. The number of amides is 1. The molecule has 1 rings (SSSR count). The Morgan fingerprint density at radius 1 is 1.47 bits per heavy atom. The molecule has 2 N–H and O–H groups in total. The van der Waals surface area contributed by atoms with Crippen LogP contribution in [0.15, 0.2) is 0 Å². The van der Waals surface area contributed by atoms with Gasteiger partial charge in [-0.15, -0.1) is 0 Å². The van der Waals surface area contributed by atoms with E-state index in [1.165, 1.54) is 12.8 Å². The lowest BCUT2D eigenvalue weighted by molar-refractivity contribution is -0.122. The Labute approximate surface area is 106 Å². The van der Waals surface area contributed by atoms with E-state index in [1.54, 1.807) is 0 Å². The van der Waals surface area contributed by atoms with Crippen LogP contribution in [0.25, 0.3) is 0 Å². The minimum atomic E-state index is 0.217. The number of nitrogens with one attached hydrogen (secondary N) is 2. The molecule has 1 amide bonds. The van der Waals surface area contributed by atoms with Crippen LogP contribution in [0, 0.1) is 17.3 Å². The maximum Gasteiger partial charge on any atom is 0.220 e. The molecule has 0 aromatic heterocycles. The third-order valence-electron chi connectivity index (χ3n) is 3.96. The van der Waals surface area contributed by atoms with E-state index in [4.69, 9.17) is 0 Å². The normalized spacial score (nSPS) is 23.2. The predicted molar refractivity (Wildman–Crippen MR) is 71.8 cm³/mol. The van der Waals surface area contributed by atoms with Gasteiger partial charge in [-0.2, -0.15) is 0 Å². The average molecular weight is 240 g/mol. The molecule has 1 fully saturated rings. The van der Waals surface area contributed by atoms with E-state index in [9.17, 15) is 4.79 Å². The molecule has 1 aliphatic rings. The quantitative estimate of drug-likeness (QED) is 0.791. The second-order valence-corrected chi connectivity index (χ2v) is 6.49. The van der Waals surface area contributed by atoms with Gasteiger partial charge in [0.2, 0.25) is 5.91 Å². The summed E-state index contributed by atoms with van der Waals surface area (Å²) >= 11 is 0. The van der Waals surface area contributed by atoms with Gasteiger partial charge in [-0.1, -0.05) is 27.7 Å². The van der Waals surface area contributed by atoms with Crippen LogP contribution in [0.5, 0.6) is 0 Å². The van der Waals surface area contributed by atoms with Gasteiger partial charge in [0.1, 0.15) is 0 Å². The molecule has 17 heavy (non-hydrogen) atoms. The summed E-state index contributed by atoms with van der Waals surface area (Å²) in [6.45, 7) is 11.8. The Bertz CT molecular complexity index is 239. The lowest BCUT2D eigenvalue weighted by atomic mass is 9.82. The van der Waals surface area contributed by atoms with Gasteiger partial charge >= 0.3 is 0 Å². The van der Waals surface area contributed by atoms with E-state index < -0.39 is 0 Å². The standard InChI is InChI=1S/C14H28N2O/c1-11(14(2,3)4)9-16-13(17)8-12-6-5-7-15-10-12/h11-12,15H,5-10H2,1-4H3,(H,16,17). The van der Waals surface area contributed by atoms with E-state index in [0.29, 0.717) is 18.3 Å². The van der Waals surface area contributed by atoms with Crippen LogP contribution in [0.1, 0.15) is 47.0 Å². The van der Waals surface area contributed by atoms with Crippen molar-refractivity contribution in [3.8, 4) is 0 Å². The summed E-state index contributed by atoms with van der Waals surface area (Å²) in [5.41, 5.74) is 0.264. The summed E-state index contributed by atoms with van der Waals surface area (Å²) in [6, 6.07) is 0. The molecule has 0 aliphatic carbocycles. The van der Waals surface area contributed by atoms with E-state index in [-0.39, 0.29) is 11.3 Å². The van der Waals surface area contributed by atoms with Crippen LogP contribution >= 0.6 is 0 Å². The number of hydrogen-bond donors (Lipinski definition) is 2. The Morgan fingerprint density at radius 2 is 2.18 bits per heavy atom. The number of piperidine rings is 1. The smallest absolute Gasteiger partial charge is 0.220 e. The predicted octanol–water partition coefficient (Wildman–Crippen LogP) is 2.17. The van der Waals surface area contributed by atoms with Crippen LogP contribution < -0.4 is 10.6 Å². The summed E-state index contributed by atoms with van der Waals surface area (Å²) in [6.07, 6.45) is 3.08. The van der Waals surface area contributed by atoms with Crippen molar-refractivity contribution >= 4 is 5.91 Å². The molecule has 1 heterocycles. The van der Waals surface area contributed by atoms with E-state index in [0.717, 1.165) is 19.6 Å². The number of carbonyl (C=O) groups excluding carboxylic acids is 1. The minimum absolute atomic E-state index is 0.217. The first-order valence-electron chi connectivity index (χ1n) is 6.87. The van der Waals surface area contributed by atoms with Crippen molar-refractivity contribution in [1.82, 2.24) is 10.6 Å². The Balaban J connectivity index is 2.20. The van der Waals surface area contributed by atoms with Gasteiger partial charge < -0.3 is 10.6 Å². The topological polar surface area (TPSA) is 41.1 Å².